The zero-order valence-electron chi connectivity index (χ0n) is 11.4. The summed E-state index contributed by atoms with van der Waals surface area (Å²) in [6, 6.07) is 3.74. The molecular formula is C14H19N5O. The molecule has 1 saturated heterocycles. The lowest BCUT2D eigenvalue weighted by molar-refractivity contribution is -0.130. The van der Waals surface area contributed by atoms with E-state index in [1.54, 1.807) is 6.20 Å². The largest absolute Gasteiger partial charge is 0.397 e. The van der Waals surface area contributed by atoms with Crippen LogP contribution in [0.2, 0.25) is 0 Å². The number of aromatic amines is 1. The topological polar surface area (TPSA) is 87.0 Å². The van der Waals surface area contributed by atoms with Gasteiger partial charge < -0.3 is 16.0 Å². The van der Waals surface area contributed by atoms with E-state index in [0.717, 1.165) is 42.5 Å². The molecule has 0 unspecified atom stereocenters. The van der Waals surface area contributed by atoms with Crippen LogP contribution in [0.4, 0.5) is 11.4 Å². The summed E-state index contributed by atoms with van der Waals surface area (Å²) >= 11 is 0. The van der Waals surface area contributed by atoms with Crippen LogP contribution in [0.15, 0.2) is 18.3 Å². The number of anilines is 2. The summed E-state index contributed by atoms with van der Waals surface area (Å²) in [5.41, 5.74) is 8.29. The molecule has 1 aliphatic rings. The fraction of sp³-hybridized carbons (Fsp3) is 0.429. The number of aromatic nitrogens is 2. The number of piperidine rings is 1. The van der Waals surface area contributed by atoms with Gasteiger partial charge in [0.1, 0.15) is 0 Å². The third kappa shape index (κ3) is 2.54. The van der Waals surface area contributed by atoms with Crippen LogP contribution < -0.4 is 11.1 Å². The van der Waals surface area contributed by atoms with Gasteiger partial charge in [-0.1, -0.05) is 0 Å². The van der Waals surface area contributed by atoms with Gasteiger partial charge in [0, 0.05) is 18.5 Å². The zero-order chi connectivity index (χ0) is 13.9. The van der Waals surface area contributed by atoms with Crippen molar-refractivity contribution in [3.63, 3.8) is 0 Å². The summed E-state index contributed by atoms with van der Waals surface area (Å²) < 4.78 is 0. The van der Waals surface area contributed by atoms with Crippen molar-refractivity contribution in [2.45, 2.75) is 19.3 Å². The molecule has 2 aromatic rings. The third-order valence-electron chi connectivity index (χ3n) is 3.75. The van der Waals surface area contributed by atoms with Crippen LogP contribution in [0.3, 0.4) is 0 Å². The fourth-order valence-electron chi connectivity index (χ4n) is 2.59. The van der Waals surface area contributed by atoms with E-state index in [-0.39, 0.29) is 12.5 Å². The second kappa shape index (κ2) is 5.40. The van der Waals surface area contributed by atoms with Gasteiger partial charge in [0.05, 0.1) is 29.6 Å². The first-order chi connectivity index (χ1) is 9.74. The van der Waals surface area contributed by atoms with E-state index < -0.39 is 0 Å². The molecule has 0 radical (unpaired) electrons. The van der Waals surface area contributed by atoms with Gasteiger partial charge in [0.2, 0.25) is 5.91 Å². The highest BCUT2D eigenvalue weighted by molar-refractivity contribution is 5.90. The van der Waals surface area contributed by atoms with E-state index in [9.17, 15) is 4.79 Å². The Morgan fingerprint density at radius 3 is 2.95 bits per heavy atom. The van der Waals surface area contributed by atoms with Crippen LogP contribution in [0.25, 0.3) is 10.9 Å². The maximum absolute atomic E-state index is 12.1. The van der Waals surface area contributed by atoms with E-state index >= 15 is 0 Å². The highest BCUT2D eigenvalue weighted by atomic mass is 16.2. The second-order valence-electron chi connectivity index (χ2n) is 5.19. The number of amides is 1. The van der Waals surface area contributed by atoms with Crippen molar-refractivity contribution in [1.29, 1.82) is 0 Å². The summed E-state index contributed by atoms with van der Waals surface area (Å²) in [6.07, 6.45) is 5.16. The number of hydrogen-bond acceptors (Lipinski definition) is 4. The Hall–Kier alpha value is -2.24. The molecule has 20 heavy (non-hydrogen) atoms. The van der Waals surface area contributed by atoms with Gasteiger partial charge in [-0.3, -0.25) is 9.89 Å². The quantitative estimate of drug-likeness (QED) is 0.741. The van der Waals surface area contributed by atoms with Gasteiger partial charge in [0.15, 0.2) is 0 Å². The van der Waals surface area contributed by atoms with Crippen molar-refractivity contribution in [3.05, 3.63) is 18.3 Å². The van der Waals surface area contributed by atoms with Crippen molar-refractivity contribution >= 4 is 28.2 Å². The molecule has 6 heteroatoms. The number of H-pyrrole nitrogens is 1. The van der Waals surface area contributed by atoms with Gasteiger partial charge in [0.25, 0.3) is 0 Å². The number of nitrogens with zero attached hydrogens (tertiary/aromatic N) is 2. The van der Waals surface area contributed by atoms with E-state index in [2.05, 4.69) is 15.5 Å². The molecule has 0 atom stereocenters. The predicted molar refractivity (Wildman–Crippen MR) is 79.4 cm³/mol. The van der Waals surface area contributed by atoms with Crippen molar-refractivity contribution in [1.82, 2.24) is 15.1 Å². The number of carbonyl (C=O) groups is 1. The molecule has 1 fully saturated rings. The summed E-state index contributed by atoms with van der Waals surface area (Å²) in [4.78, 5) is 14.0. The maximum Gasteiger partial charge on any atom is 0.241 e. The first kappa shape index (κ1) is 12.8. The molecule has 106 valence electrons. The first-order valence-corrected chi connectivity index (χ1v) is 6.98. The van der Waals surface area contributed by atoms with Gasteiger partial charge in [-0.2, -0.15) is 5.10 Å². The van der Waals surface area contributed by atoms with Crippen LogP contribution in [-0.4, -0.2) is 40.6 Å². The van der Waals surface area contributed by atoms with Crippen molar-refractivity contribution in [2.24, 2.45) is 0 Å². The highest BCUT2D eigenvalue weighted by Gasteiger charge is 2.16. The number of fused-ring (bicyclic) bond motifs is 1. The standard InChI is InChI=1S/C14H19N5O/c15-11-6-10-8-17-18-12(10)7-13(11)16-9-14(20)19-4-2-1-3-5-19/h6-8,16H,1-5,9,15H2,(H,17,18). The maximum atomic E-state index is 12.1. The van der Waals surface area contributed by atoms with E-state index in [4.69, 9.17) is 5.73 Å². The molecule has 3 rings (SSSR count). The monoisotopic (exact) mass is 273 g/mol. The van der Waals surface area contributed by atoms with Crippen LogP contribution in [0.5, 0.6) is 0 Å². The molecule has 1 aliphatic heterocycles. The summed E-state index contributed by atoms with van der Waals surface area (Å²) in [5.74, 6) is 0.133. The molecule has 4 N–H and O–H groups in total. The molecule has 0 spiro atoms. The fourth-order valence-corrected chi connectivity index (χ4v) is 2.59. The molecule has 1 aromatic carbocycles. The zero-order valence-corrected chi connectivity index (χ0v) is 11.4. The average Bonchev–Trinajstić information content (AvgIpc) is 2.92. The van der Waals surface area contributed by atoms with E-state index in [1.807, 2.05) is 17.0 Å². The number of likely N-dealkylation sites (tertiary alicyclic amines) is 1. The number of nitrogens with one attached hydrogen (secondary N) is 2. The number of rotatable bonds is 3. The molecule has 0 saturated carbocycles. The number of hydrogen-bond donors (Lipinski definition) is 3. The number of benzene rings is 1. The second-order valence-corrected chi connectivity index (χ2v) is 5.19. The molecule has 1 amide bonds. The highest BCUT2D eigenvalue weighted by Crippen LogP contribution is 2.24. The Morgan fingerprint density at radius 2 is 2.15 bits per heavy atom. The predicted octanol–water partition coefficient (Wildman–Crippen LogP) is 1.57. The molecule has 2 heterocycles. The average molecular weight is 273 g/mol. The smallest absolute Gasteiger partial charge is 0.241 e. The third-order valence-corrected chi connectivity index (χ3v) is 3.75. The van der Waals surface area contributed by atoms with Crippen LogP contribution >= 0.6 is 0 Å². The van der Waals surface area contributed by atoms with Crippen LogP contribution in [0, 0.1) is 0 Å². The normalized spacial score (nSPS) is 15.5. The molecule has 1 aromatic heterocycles. The minimum absolute atomic E-state index is 0.133. The molecule has 6 nitrogen and oxygen atoms in total. The SMILES string of the molecule is Nc1cc2cn[nH]c2cc1NCC(=O)N1CCCCC1. The van der Waals surface area contributed by atoms with Gasteiger partial charge in [-0.25, -0.2) is 0 Å². The molecule has 0 aliphatic carbocycles. The Bertz CT molecular complexity index is 615. The minimum Gasteiger partial charge on any atom is -0.397 e. The van der Waals surface area contributed by atoms with Crippen LogP contribution in [-0.2, 0) is 4.79 Å². The van der Waals surface area contributed by atoms with Crippen molar-refractivity contribution < 1.29 is 4.79 Å². The lowest BCUT2D eigenvalue weighted by atomic mass is 10.1. The molecular weight excluding hydrogens is 254 g/mol. The minimum atomic E-state index is 0.133. The summed E-state index contributed by atoms with van der Waals surface area (Å²) in [7, 11) is 0. The summed E-state index contributed by atoms with van der Waals surface area (Å²) in [5, 5.41) is 11.0. The summed E-state index contributed by atoms with van der Waals surface area (Å²) in [6.45, 7) is 2.02. The number of nitrogen functional groups attached to an aromatic ring is 1. The Labute approximate surface area is 117 Å². The first-order valence-electron chi connectivity index (χ1n) is 6.98. The Kier molecular flexibility index (Phi) is 3.45. The Balaban J connectivity index is 1.66. The number of nitrogens with two attached hydrogens (primary N) is 1. The van der Waals surface area contributed by atoms with Gasteiger partial charge in [-0.05, 0) is 31.4 Å². The Morgan fingerprint density at radius 1 is 1.35 bits per heavy atom. The lowest BCUT2D eigenvalue weighted by Crippen LogP contribution is -2.39. The van der Waals surface area contributed by atoms with E-state index in [0.29, 0.717) is 5.69 Å². The van der Waals surface area contributed by atoms with Gasteiger partial charge >= 0.3 is 0 Å². The van der Waals surface area contributed by atoms with E-state index in [1.165, 1.54) is 6.42 Å². The molecule has 0 bridgehead atoms. The van der Waals surface area contributed by atoms with Crippen LogP contribution in [0.1, 0.15) is 19.3 Å². The number of carbonyl (C=O) groups excluding carboxylic acids is 1. The lowest BCUT2D eigenvalue weighted by Gasteiger charge is -2.27. The van der Waals surface area contributed by atoms with Gasteiger partial charge in [-0.15, -0.1) is 0 Å². The van der Waals surface area contributed by atoms with Crippen molar-refractivity contribution in [2.75, 3.05) is 30.7 Å². The van der Waals surface area contributed by atoms with Crippen molar-refractivity contribution in [3.8, 4) is 0 Å².